The first-order valence-electron chi connectivity index (χ1n) is 5.29. The molecule has 0 spiro atoms. The Hall–Kier alpha value is -0.880. The number of amides is 1. The number of carbonyl (C=O) groups is 1. The van der Waals surface area contributed by atoms with Gasteiger partial charge in [-0.1, -0.05) is 6.08 Å². The number of hydrogen-bond donors (Lipinski definition) is 1. The molecule has 92 valence electrons. The number of nitrogens with one attached hydrogen (secondary N) is 1. The van der Waals surface area contributed by atoms with Crippen molar-refractivity contribution in [2.45, 2.75) is 12.8 Å². The van der Waals surface area contributed by atoms with Crippen molar-refractivity contribution in [3.63, 3.8) is 0 Å². The van der Waals surface area contributed by atoms with Crippen LogP contribution in [0.5, 0.6) is 0 Å². The van der Waals surface area contributed by atoms with Gasteiger partial charge in [0.15, 0.2) is 0 Å². The minimum absolute atomic E-state index is 0.0896. The van der Waals surface area contributed by atoms with E-state index < -0.39 is 10.0 Å². The van der Waals surface area contributed by atoms with Gasteiger partial charge in [0.1, 0.15) is 0 Å². The Kier molecular flexibility index (Phi) is 4.49. The van der Waals surface area contributed by atoms with Crippen molar-refractivity contribution in [1.29, 1.82) is 0 Å². The number of carbonyl (C=O) groups excluding carboxylic acids is 1. The van der Waals surface area contributed by atoms with Gasteiger partial charge in [0.05, 0.1) is 12.2 Å². The first kappa shape index (κ1) is 13.2. The lowest BCUT2D eigenvalue weighted by atomic mass is 9.99. The van der Waals surface area contributed by atoms with Gasteiger partial charge in [-0.05, 0) is 12.8 Å². The van der Waals surface area contributed by atoms with Crippen molar-refractivity contribution in [2.24, 2.45) is 5.92 Å². The molecule has 0 aliphatic carbocycles. The summed E-state index contributed by atoms with van der Waals surface area (Å²) >= 11 is 0. The predicted octanol–water partition coefficient (Wildman–Crippen LogP) is -0.0398. The zero-order valence-electron chi connectivity index (χ0n) is 9.48. The lowest BCUT2D eigenvalue weighted by molar-refractivity contribution is -0.125. The van der Waals surface area contributed by atoms with Crippen LogP contribution in [0.4, 0.5) is 0 Å². The van der Waals surface area contributed by atoms with Crippen LogP contribution in [0.2, 0.25) is 0 Å². The normalized spacial score (nSPS) is 22.7. The van der Waals surface area contributed by atoms with Gasteiger partial charge in [-0.25, -0.2) is 12.7 Å². The monoisotopic (exact) mass is 246 g/mol. The molecule has 0 saturated carbocycles. The highest BCUT2D eigenvalue weighted by atomic mass is 32.2. The van der Waals surface area contributed by atoms with Crippen molar-refractivity contribution >= 4 is 15.9 Å². The molecular formula is C10H18N2O3S. The molecule has 16 heavy (non-hydrogen) atoms. The van der Waals surface area contributed by atoms with E-state index in [0.717, 1.165) is 12.8 Å². The van der Waals surface area contributed by atoms with Gasteiger partial charge in [-0.15, -0.1) is 6.58 Å². The van der Waals surface area contributed by atoms with Gasteiger partial charge < -0.3 is 5.32 Å². The fourth-order valence-corrected chi connectivity index (χ4v) is 2.69. The van der Waals surface area contributed by atoms with E-state index in [0.29, 0.717) is 19.6 Å². The first-order chi connectivity index (χ1) is 7.45. The Morgan fingerprint density at radius 1 is 1.62 bits per heavy atom. The average molecular weight is 246 g/mol. The fourth-order valence-electron chi connectivity index (χ4n) is 1.77. The summed E-state index contributed by atoms with van der Waals surface area (Å²) in [6.07, 6.45) is 4.26. The average Bonchev–Trinajstić information content (AvgIpc) is 2.25. The van der Waals surface area contributed by atoms with Crippen LogP contribution < -0.4 is 5.32 Å². The molecule has 1 amide bonds. The lowest BCUT2D eigenvalue weighted by Gasteiger charge is -2.29. The van der Waals surface area contributed by atoms with Crippen molar-refractivity contribution in [1.82, 2.24) is 9.62 Å². The molecule has 1 N–H and O–H groups in total. The Labute approximate surface area is 96.6 Å². The van der Waals surface area contributed by atoms with Crippen LogP contribution in [-0.4, -0.2) is 44.5 Å². The highest BCUT2D eigenvalue weighted by molar-refractivity contribution is 7.88. The Morgan fingerprint density at radius 2 is 2.31 bits per heavy atom. The van der Waals surface area contributed by atoms with E-state index >= 15 is 0 Å². The molecule has 0 aromatic heterocycles. The van der Waals surface area contributed by atoms with E-state index in [1.165, 1.54) is 10.6 Å². The topological polar surface area (TPSA) is 66.5 Å². The molecule has 0 aromatic carbocycles. The van der Waals surface area contributed by atoms with Gasteiger partial charge >= 0.3 is 0 Å². The van der Waals surface area contributed by atoms with Crippen LogP contribution in [0.15, 0.2) is 12.7 Å². The summed E-state index contributed by atoms with van der Waals surface area (Å²) in [6, 6.07) is 0. The number of rotatable bonds is 4. The summed E-state index contributed by atoms with van der Waals surface area (Å²) in [5, 5.41) is 2.70. The molecule has 0 bridgehead atoms. The molecule has 1 aliphatic rings. The number of nitrogens with zero attached hydrogens (tertiary/aromatic N) is 1. The SMILES string of the molecule is C=CCNC(=O)[C@@H]1CCCN(S(C)(=O)=O)C1. The lowest BCUT2D eigenvalue weighted by Crippen LogP contribution is -2.45. The van der Waals surface area contributed by atoms with E-state index in [4.69, 9.17) is 0 Å². The molecule has 0 radical (unpaired) electrons. The van der Waals surface area contributed by atoms with Crippen LogP contribution in [-0.2, 0) is 14.8 Å². The molecule has 6 heteroatoms. The number of piperidine rings is 1. The minimum atomic E-state index is -3.18. The highest BCUT2D eigenvalue weighted by Gasteiger charge is 2.29. The Morgan fingerprint density at radius 3 is 2.88 bits per heavy atom. The van der Waals surface area contributed by atoms with Crippen molar-refractivity contribution in [2.75, 3.05) is 25.9 Å². The second-order valence-electron chi connectivity index (χ2n) is 3.99. The van der Waals surface area contributed by atoms with Gasteiger partial charge in [-0.2, -0.15) is 0 Å². The first-order valence-corrected chi connectivity index (χ1v) is 7.13. The quantitative estimate of drug-likeness (QED) is 0.708. The molecule has 1 fully saturated rings. The van der Waals surface area contributed by atoms with E-state index in [-0.39, 0.29) is 11.8 Å². The van der Waals surface area contributed by atoms with Gasteiger partial charge in [-0.3, -0.25) is 4.79 Å². The molecular weight excluding hydrogens is 228 g/mol. The molecule has 0 unspecified atom stereocenters. The summed E-state index contributed by atoms with van der Waals surface area (Å²) in [5.74, 6) is -0.323. The largest absolute Gasteiger partial charge is 0.352 e. The van der Waals surface area contributed by atoms with E-state index in [1.54, 1.807) is 6.08 Å². The summed E-state index contributed by atoms with van der Waals surface area (Å²) in [5.41, 5.74) is 0. The number of hydrogen-bond acceptors (Lipinski definition) is 3. The van der Waals surface area contributed by atoms with Crippen molar-refractivity contribution < 1.29 is 13.2 Å². The maximum Gasteiger partial charge on any atom is 0.224 e. The van der Waals surface area contributed by atoms with Gasteiger partial charge in [0.25, 0.3) is 0 Å². The fraction of sp³-hybridized carbons (Fsp3) is 0.700. The third kappa shape index (κ3) is 3.61. The van der Waals surface area contributed by atoms with Gasteiger partial charge in [0.2, 0.25) is 15.9 Å². The molecule has 1 aliphatic heterocycles. The molecule has 5 nitrogen and oxygen atoms in total. The molecule has 0 aromatic rings. The minimum Gasteiger partial charge on any atom is -0.352 e. The highest BCUT2D eigenvalue weighted by Crippen LogP contribution is 2.18. The molecule has 1 atom stereocenters. The summed E-state index contributed by atoms with van der Waals surface area (Å²) in [7, 11) is -3.18. The van der Waals surface area contributed by atoms with Crippen LogP contribution >= 0.6 is 0 Å². The van der Waals surface area contributed by atoms with Crippen molar-refractivity contribution in [3.05, 3.63) is 12.7 Å². The van der Waals surface area contributed by atoms with Crippen LogP contribution in [0, 0.1) is 5.92 Å². The number of sulfonamides is 1. The van der Waals surface area contributed by atoms with E-state index in [9.17, 15) is 13.2 Å². The third-order valence-electron chi connectivity index (χ3n) is 2.64. The Bertz CT molecular complexity index is 364. The second kappa shape index (κ2) is 5.45. The molecule has 1 saturated heterocycles. The zero-order valence-corrected chi connectivity index (χ0v) is 10.3. The maximum absolute atomic E-state index is 11.6. The van der Waals surface area contributed by atoms with Crippen LogP contribution in [0.25, 0.3) is 0 Å². The van der Waals surface area contributed by atoms with E-state index in [1.807, 2.05) is 0 Å². The summed E-state index contributed by atoms with van der Waals surface area (Å²) < 4.78 is 24.1. The molecule has 1 heterocycles. The van der Waals surface area contributed by atoms with Crippen LogP contribution in [0.1, 0.15) is 12.8 Å². The summed E-state index contributed by atoms with van der Waals surface area (Å²) in [6.45, 7) is 4.75. The zero-order chi connectivity index (χ0) is 12.2. The van der Waals surface area contributed by atoms with Crippen molar-refractivity contribution in [3.8, 4) is 0 Å². The standard InChI is InChI=1S/C10H18N2O3S/c1-3-6-11-10(13)9-5-4-7-12(8-9)16(2,14)15/h3,9H,1,4-8H2,2H3,(H,11,13)/t9-/m1/s1. The predicted molar refractivity (Wildman–Crippen MR) is 62.3 cm³/mol. The Balaban J connectivity index is 2.57. The summed E-state index contributed by atoms with van der Waals surface area (Å²) in [4.78, 5) is 11.6. The second-order valence-corrected chi connectivity index (χ2v) is 5.98. The van der Waals surface area contributed by atoms with E-state index in [2.05, 4.69) is 11.9 Å². The van der Waals surface area contributed by atoms with Gasteiger partial charge in [0, 0.05) is 19.6 Å². The maximum atomic E-state index is 11.6. The molecule has 1 rings (SSSR count). The third-order valence-corrected chi connectivity index (χ3v) is 3.91. The smallest absolute Gasteiger partial charge is 0.224 e. The van der Waals surface area contributed by atoms with Crippen LogP contribution in [0.3, 0.4) is 0 Å².